The van der Waals surface area contributed by atoms with Crippen molar-refractivity contribution in [1.82, 2.24) is 10.6 Å². The van der Waals surface area contributed by atoms with E-state index in [-0.39, 0.29) is 12.6 Å². The monoisotopic (exact) mass is 217 g/mol. The molecule has 0 heterocycles. The maximum atomic E-state index is 11.2. The van der Waals surface area contributed by atoms with Crippen molar-refractivity contribution in [3.8, 4) is 0 Å². The van der Waals surface area contributed by atoms with E-state index in [9.17, 15) is 9.59 Å². The molecule has 0 aliphatic carbocycles. The van der Waals surface area contributed by atoms with Crippen LogP contribution in [0.1, 0.15) is 26.7 Å². The topological polar surface area (TPSA) is 104 Å². The number of primary amides is 1. The molecule has 3 amide bonds. The lowest BCUT2D eigenvalue weighted by Gasteiger charge is -2.18. The molecule has 0 saturated heterocycles. The van der Waals surface area contributed by atoms with Crippen LogP contribution in [0.25, 0.3) is 0 Å². The fourth-order valence-electron chi connectivity index (χ4n) is 1.21. The molecule has 0 aromatic carbocycles. The predicted molar refractivity (Wildman–Crippen MR) is 56.1 cm³/mol. The van der Waals surface area contributed by atoms with Gasteiger partial charge < -0.3 is 16.2 Å². The number of carbonyl (C=O) groups is 2. The zero-order valence-corrected chi connectivity index (χ0v) is 9.12. The van der Waals surface area contributed by atoms with E-state index in [1.165, 1.54) is 0 Å². The molecule has 0 bridgehead atoms. The van der Waals surface area contributed by atoms with Gasteiger partial charge in [-0.25, -0.2) is 4.79 Å². The molecule has 5 N–H and O–H groups in total. The summed E-state index contributed by atoms with van der Waals surface area (Å²) in [6.07, 6.45) is 1.45. The number of nitrogens with one attached hydrogen (secondary N) is 2. The lowest BCUT2D eigenvalue weighted by Crippen LogP contribution is -2.48. The molecule has 0 spiro atoms. The fraction of sp³-hybridized carbons (Fsp3) is 0.778. The first-order valence-electron chi connectivity index (χ1n) is 4.94. The lowest BCUT2D eigenvalue weighted by atomic mass is 10.1. The number of hydrogen-bond acceptors (Lipinski definition) is 4. The Bertz CT molecular complexity index is 221. The van der Waals surface area contributed by atoms with Crippen molar-refractivity contribution < 1.29 is 14.7 Å². The van der Waals surface area contributed by atoms with Gasteiger partial charge in [0.25, 0.3) is 0 Å². The third-order valence-electron chi connectivity index (χ3n) is 1.97. The van der Waals surface area contributed by atoms with Crippen LogP contribution in [0.2, 0.25) is 0 Å². The van der Waals surface area contributed by atoms with Gasteiger partial charge in [-0.05, 0) is 26.7 Å². The van der Waals surface area contributed by atoms with Gasteiger partial charge in [-0.1, -0.05) is 0 Å². The van der Waals surface area contributed by atoms with Crippen LogP contribution in [-0.4, -0.2) is 35.7 Å². The number of hydrogen-bond donors (Lipinski definition) is 4. The molecule has 0 radical (unpaired) electrons. The molecule has 6 heteroatoms. The quantitative estimate of drug-likeness (QED) is 0.473. The van der Waals surface area contributed by atoms with Crippen LogP contribution in [0.3, 0.4) is 0 Å². The summed E-state index contributed by atoms with van der Waals surface area (Å²) in [6, 6.07) is -1.23. The summed E-state index contributed by atoms with van der Waals surface area (Å²) in [5, 5.41) is 13.6. The van der Waals surface area contributed by atoms with E-state index in [0.717, 1.165) is 6.42 Å². The minimum absolute atomic E-state index is 0.103. The summed E-state index contributed by atoms with van der Waals surface area (Å²) in [6.45, 7) is 3.69. The van der Waals surface area contributed by atoms with Crippen LogP contribution in [0.15, 0.2) is 0 Å². The Hall–Kier alpha value is -1.14. The second-order valence-electron chi connectivity index (χ2n) is 3.51. The van der Waals surface area contributed by atoms with E-state index in [4.69, 9.17) is 10.8 Å². The highest BCUT2D eigenvalue weighted by molar-refractivity contribution is 5.96. The van der Waals surface area contributed by atoms with Gasteiger partial charge in [0, 0.05) is 12.6 Å². The van der Waals surface area contributed by atoms with Crippen molar-refractivity contribution in [2.24, 2.45) is 5.73 Å². The number of imide groups is 1. The zero-order valence-electron chi connectivity index (χ0n) is 9.12. The van der Waals surface area contributed by atoms with E-state index in [1.807, 2.05) is 12.2 Å². The molecular weight excluding hydrogens is 198 g/mol. The Labute approximate surface area is 89.2 Å². The highest BCUT2D eigenvalue weighted by Gasteiger charge is 2.15. The summed E-state index contributed by atoms with van der Waals surface area (Å²) >= 11 is 0. The maximum Gasteiger partial charge on any atom is 0.318 e. The summed E-state index contributed by atoms with van der Waals surface area (Å²) in [4.78, 5) is 21.6. The standard InChI is InChI=1S/C9H19N3O3/c1-6(4-3-5-13)11-7(2)8(14)12-9(10)15/h6-7,11,13H,3-5H2,1-2H3,(H3,10,12,14,15). The molecule has 0 aromatic heterocycles. The number of urea groups is 1. The molecule has 2 atom stereocenters. The molecule has 0 aliphatic heterocycles. The minimum atomic E-state index is -0.850. The first kappa shape index (κ1) is 13.9. The fourth-order valence-corrected chi connectivity index (χ4v) is 1.21. The van der Waals surface area contributed by atoms with Gasteiger partial charge in [-0.3, -0.25) is 10.1 Å². The van der Waals surface area contributed by atoms with Crippen LogP contribution >= 0.6 is 0 Å². The zero-order chi connectivity index (χ0) is 11.8. The van der Waals surface area contributed by atoms with Crippen molar-refractivity contribution in [2.45, 2.75) is 38.8 Å². The van der Waals surface area contributed by atoms with Crippen molar-refractivity contribution >= 4 is 11.9 Å². The third kappa shape index (κ3) is 6.87. The predicted octanol–water partition coefficient (Wildman–Crippen LogP) is -0.680. The number of nitrogens with two attached hydrogens (primary N) is 1. The Morgan fingerprint density at radius 2 is 2.00 bits per heavy atom. The number of amides is 3. The second kappa shape index (κ2) is 7.19. The van der Waals surface area contributed by atoms with Crippen LogP contribution < -0.4 is 16.4 Å². The van der Waals surface area contributed by atoms with Gasteiger partial charge in [-0.15, -0.1) is 0 Å². The summed E-state index contributed by atoms with van der Waals surface area (Å²) in [5.41, 5.74) is 4.81. The molecule has 0 rings (SSSR count). The van der Waals surface area contributed by atoms with Crippen molar-refractivity contribution in [3.63, 3.8) is 0 Å². The average Bonchev–Trinajstić information content (AvgIpc) is 2.13. The highest BCUT2D eigenvalue weighted by atomic mass is 16.3. The van der Waals surface area contributed by atoms with Gasteiger partial charge in [-0.2, -0.15) is 0 Å². The van der Waals surface area contributed by atoms with Crippen LogP contribution in [-0.2, 0) is 4.79 Å². The van der Waals surface area contributed by atoms with Gasteiger partial charge in [0.2, 0.25) is 5.91 Å². The van der Waals surface area contributed by atoms with Gasteiger partial charge >= 0.3 is 6.03 Å². The van der Waals surface area contributed by atoms with E-state index in [1.54, 1.807) is 6.92 Å². The van der Waals surface area contributed by atoms with Crippen LogP contribution in [0.4, 0.5) is 4.79 Å². The van der Waals surface area contributed by atoms with Crippen molar-refractivity contribution in [2.75, 3.05) is 6.61 Å². The number of carbonyl (C=O) groups excluding carboxylic acids is 2. The number of aliphatic hydroxyl groups is 1. The van der Waals surface area contributed by atoms with Gasteiger partial charge in [0.1, 0.15) is 0 Å². The van der Waals surface area contributed by atoms with E-state index >= 15 is 0 Å². The molecule has 88 valence electrons. The molecular formula is C9H19N3O3. The number of aliphatic hydroxyl groups excluding tert-OH is 1. The molecule has 2 unspecified atom stereocenters. The molecule has 6 nitrogen and oxygen atoms in total. The summed E-state index contributed by atoms with van der Waals surface area (Å²) in [7, 11) is 0. The SMILES string of the molecule is CC(CCCO)NC(C)C(=O)NC(N)=O. The van der Waals surface area contributed by atoms with Gasteiger partial charge in [0.05, 0.1) is 6.04 Å². The first-order chi connectivity index (χ1) is 6.97. The molecule has 0 aromatic rings. The van der Waals surface area contributed by atoms with Gasteiger partial charge in [0.15, 0.2) is 0 Å². The maximum absolute atomic E-state index is 11.2. The number of rotatable bonds is 6. The molecule has 0 saturated carbocycles. The summed E-state index contributed by atoms with van der Waals surface area (Å²) in [5.74, 6) is -0.446. The van der Waals surface area contributed by atoms with E-state index in [0.29, 0.717) is 6.42 Å². The Balaban J connectivity index is 3.84. The minimum Gasteiger partial charge on any atom is -0.396 e. The second-order valence-corrected chi connectivity index (χ2v) is 3.51. The molecule has 15 heavy (non-hydrogen) atoms. The highest BCUT2D eigenvalue weighted by Crippen LogP contribution is 1.97. The van der Waals surface area contributed by atoms with Crippen molar-refractivity contribution in [3.05, 3.63) is 0 Å². The Morgan fingerprint density at radius 1 is 1.40 bits per heavy atom. The normalized spacial score (nSPS) is 14.3. The van der Waals surface area contributed by atoms with E-state index in [2.05, 4.69) is 5.32 Å². The van der Waals surface area contributed by atoms with Crippen molar-refractivity contribution in [1.29, 1.82) is 0 Å². The van der Waals surface area contributed by atoms with Crippen LogP contribution in [0, 0.1) is 0 Å². The largest absolute Gasteiger partial charge is 0.396 e. The van der Waals surface area contributed by atoms with Crippen LogP contribution in [0.5, 0.6) is 0 Å². The molecule has 0 fully saturated rings. The first-order valence-corrected chi connectivity index (χ1v) is 4.94. The summed E-state index contributed by atoms with van der Waals surface area (Å²) < 4.78 is 0. The average molecular weight is 217 g/mol. The molecule has 0 aliphatic rings. The van der Waals surface area contributed by atoms with E-state index < -0.39 is 18.0 Å². The Morgan fingerprint density at radius 3 is 2.47 bits per heavy atom. The lowest BCUT2D eigenvalue weighted by molar-refractivity contribution is -0.121. The smallest absolute Gasteiger partial charge is 0.318 e. The third-order valence-corrected chi connectivity index (χ3v) is 1.97. The Kier molecular flexibility index (Phi) is 6.64.